The highest BCUT2D eigenvalue weighted by molar-refractivity contribution is 6.05. The summed E-state index contributed by atoms with van der Waals surface area (Å²) in [5, 5.41) is 102. The van der Waals surface area contributed by atoms with Gasteiger partial charge in [0.15, 0.2) is 0 Å². The molecule has 3 aliphatic rings. The summed E-state index contributed by atoms with van der Waals surface area (Å²) in [4.78, 5) is 208. The smallest absolute Gasteiger partial charge is 0.319 e. The fourth-order valence-electron chi connectivity index (χ4n) is 16.0. The molecular formula is C88H117N17O25. The van der Waals surface area contributed by atoms with Gasteiger partial charge in [-0.15, -0.1) is 0 Å². The summed E-state index contributed by atoms with van der Waals surface area (Å²) in [6.07, 6.45) is -5.05. The second kappa shape index (κ2) is 51.9. The Morgan fingerprint density at radius 1 is 0.362 bits per heavy atom. The van der Waals surface area contributed by atoms with E-state index in [4.69, 9.17) is 24.5 Å². The number of azide groups is 1. The van der Waals surface area contributed by atoms with Crippen LogP contribution >= 0.6 is 0 Å². The lowest BCUT2D eigenvalue weighted by Gasteiger charge is -2.34. The molecule has 3 aliphatic heterocycles. The Morgan fingerprint density at radius 3 is 0.938 bits per heavy atom. The Hall–Kier alpha value is -13.7. The number of amides is 14. The molecule has 5 aromatic carbocycles. The van der Waals surface area contributed by atoms with E-state index in [-0.39, 0.29) is 200 Å². The van der Waals surface area contributed by atoms with Gasteiger partial charge in [0.05, 0.1) is 82.0 Å². The van der Waals surface area contributed by atoms with Crippen molar-refractivity contribution >= 4 is 118 Å². The quantitative estimate of drug-likeness (QED) is 0.00746. The van der Waals surface area contributed by atoms with Crippen molar-refractivity contribution in [3.05, 3.63) is 154 Å². The maximum Gasteiger partial charge on any atom is 0.319 e. The minimum atomic E-state index is -1.72. The van der Waals surface area contributed by atoms with Crippen LogP contribution in [0.15, 0.2) is 59.7 Å². The first-order chi connectivity index (χ1) is 62.2. The van der Waals surface area contributed by atoms with Crippen molar-refractivity contribution in [2.24, 2.45) is 5.11 Å². The summed E-state index contributed by atoms with van der Waals surface area (Å²) in [5.41, 5.74) is 11.2. The van der Waals surface area contributed by atoms with Gasteiger partial charge in [-0.3, -0.25) is 47.9 Å². The van der Waals surface area contributed by atoms with E-state index in [9.17, 15) is 93.0 Å². The first-order valence-electron chi connectivity index (χ1n) is 43.1. The largest absolute Gasteiger partial charge is 0.481 e. The van der Waals surface area contributed by atoms with Crippen molar-refractivity contribution in [2.75, 3.05) is 92.5 Å². The van der Waals surface area contributed by atoms with Crippen LogP contribution in [0.2, 0.25) is 0 Å². The molecule has 704 valence electrons. The second-order valence-electron chi connectivity index (χ2n) is 30.7. The molecule has 0 unspecified atom stereocenters. The number of nitrogens with zero attached hydrogens (tertiary/aromatic N) is 3. The number of hydrogen-bond donors (Lipinski definition) is 20. The van der Waals surface area contributed by atoms with Crippen LogP contribution in [0.25, 0.3) is 10.4 Å². The van der Waals surface area contributed by atoms with Crippen LogP contribution in [0.4, 0.5) is 52.4 Å². The number of fused-ring (bicyclic) bond motifs is 18. The average molecular weight is 1810 g/mol. The number of carboxylic acids is 6. The van der Waals surface area contributed by atoms with Gasteiger partial charge in [0.25, 0.3) is 17.7 Å². The summed E-state index contributed by atoms with van der Waals surface area (Å²) in [6.45, 7) is 11.6. The van der Waals surface area contributed by atoms with Crippen molar-refractivity contribution in [2.45, 2.75) is 214 Å². The second-order valence-corrected chi connectivity index (χ2v) is 30.7. The zero-order valence-corrected chi connectivity index (χ0v) is 73.7. The summed E-state index contributed by atoms with van der Waals surface area (Å²) < 4.78 is 22.1. The molecule has 42 nitrogen and oxygen atoms in total. The van der Waals surface area contributed by atoms with Crippen LogP contribution in [-0.2, 0) is 137 Å². The van der Waals surface area contributed by atoms with Gasteiger partial charge in [0.2, 0.25) is 5.91 Å². The molecule has 0 fully saturated rings. The van der Waals surface area contributed by atoms with Gasteiger partial charge in [-0.2, -0.15) is 0 Å². The minimum Gasteiger partial charge on any atom is -0.481 e. The van der Waals surface area contributed by atoms with E-state index in [1.54, 1.807) is 0 Å². The van der Waals surface area contributed by atoms with Crippen LogP contribution in [0.1, 0.15) is 222 Å². The minimum absolute atomic E-state index is 0.00728. The van der Waals surface area contributed by atoms with E-state index in [1.165, 1.54) is 54.6 Å². The molecule has 0 atom stereocenters. The van der Waals surface area contributed by atoms with Crippen molar-refractivity contribution in [3.8, 4) is 0 Å². The molecule has 20 N–H and O–H groups in total. The van der Waals surface area contributed by atoms with Crippen LogP contribution in [0.5, 0.6) is 0 Å². The zero-order valence-electron chi connectivity index (χ0n) is 73.7. The first kappa shape index (κ1) is 103. The zero-order chi connectivity index (χ0) is 95.0. The van der Waals surface area contributed by atoms with Crippen LogP contribution in [0, 0.1) is 0 Å². The number of aliphatic carboxylic acids is 6. The monoisotopic (exact) mass is 1810 g/mol. The van der Waals surface area contributed by atoms with Gasteiger partial charge in [0.1, 0.15) is 0 Å². The number of ether oxygens (including phenoxy) is 4. The Balaban J connectivity index is 1.41. The number of urea groups is 5. The number of rotatable bonds is 44. The van der Waals surface area contributed by atoms with E-state index in [0.29, 0.717) is 80.0 Å². The molecule has 8 rings (SSSR count). The third kappa shape index (κ3) is 31.7. The lowest BCUT2D eigenvalue weighted by Crippen LogP contribution is -2.49. The number of benzene rings is 5. The van der Waals surface area contributed by atoms with E-state index in [2.05, 4.69) is 84.5 Å². The number of carbonyl (C=O) groups is 15. The molecule has 0 saturated carbocycles. The molecule has 0 aliphatic carbocycles. The van der Waals surface area contributed by atoms with Crippen molar-refractivity contribution in [3.63, 3.8) is 0 Å². The van der Waals surface area contributed by atoms with Crippen molar-refractivity contribution in [1.82, 2.24) is 47.9 Å². The molecule has 0 spiro atoms. The fraction of sp³-hybridized carbons (Fsp3) is 0.489. The van der Waals surface area contributed by atoms with Gasteiger partial charge < -0.3 is 124 Å². The van der Waals surface area contributed by atoms with Crippen LogP contribution in [-0.4, -0.2) is 197 Å². The maximum absolute atomic E-state index is 15.1. The lowest BCUT2D eigenvalue weighted by molar-refractivity contribution is -0.140. The topological polar surface area (TPSA) is 632 Å². The molecule has 5 aromatic rings. The molecule has 3 heterocycles. The van der Waals surface area contributed by atoms with Gasteiger partial charge in [-0.1, -0.05) is 46.7 Å². The summed E-state index contributed by atoms with van der Waals surface area (Å²) in [6, 6.07) is 7.62. The summed E-state index contributed by atoms with van der Waals surface area (Å²) in [7, 11) is 0. The van der Waals surface area contributed by atoms with E-state index in [0.717, 1.165) is 0 Å². The lowest BCUT2D eigenvalue weighted by atomic mass is 9.83. The Morgan fingerprint density at radius 2 is 0.631 bits per heavy atom. The van der Waals surface area contributed by atoms with Crippen molar-refractivity contribution in [1.29, 1.82) is 0 Å². The average Bonchev–Trinajstić information content (AvgIpc) is 0.750. The predicted octanol–water partition coefficient (Wildman–Crippen LogP) is 9.39. The first-order valence-corrected chi connectivity index (χ1v) is 43.1. The SMILES string of the molecule is CCc1c2c(CC)c3c(CC)c1CNC(=O)Nc1cc(C(=O)NCCOCCOCCOCCOCCN=[N+]=[N-])ccc1NC(=O)NCc1c(CC)c(c(CC)c(c1CC)CNC(=O)Nc1ccc(C(=O)NC(CCC(=O)O)(CCC(=O)O)CCC(=O)O)cc1NC(=O)NC3)CNC(=O)Nc1ccc(C(=O)NC(CCC(=O)O)(CCC(=O)O)CCC(=O)O)cc1CC(=O)NC2. The highest BCUT2D eigenvalue weighted by atomic mass is 16.6. The van der Waals surface area contributed by atoms with E-state index in [1.807, 2.05) is 41.5 Å². The molecule has 14 amide bonds. The molecule has 42 heteroatoms. The molecular weight excluding hydrogens is 1700 g/mol. The number of nitrogens with one attached hydrogen (secondary N) is 14. The van der Waals surface area contributed by atoms with E-state index < -0.39 is 165 Å². The Bertz CT molecular complexity index is 4700. The maximum atomic E-state index is 15.1. The highest BCUT2D eigenvalue weighted by Gasteiger charge is 2.37. The Kier molecular flexibility index (Phi) is 41.3. The molecule has 6 bridgehead atoms. The van der Waals surface area contributed by atoms with Crippen LogP contribution in [0.3, 0.4) is 0 Å². The van der Waals surface area contributed by atoms with Crippen LogP contribution < -0.4 is 74.4 Å². The number of carbonyl (C=O) groups excluding carboxylic acids is 9. The van der Waals surface area contributed by atoms with E-state index >= 15 is 9.59 Å². The molecule has 0 aromatic heterocycles. The Labute approximate surface area is 749 Å². The number of hydrogen-bond acceptors (Lipinski definition) is 20. The van der Waals surface area contributed by atoms with Crippen molar-refractivity contribution < 1.29 is 122 Å². The van der Waals surface area contributed by atoms with Gasteiger partial charge in [-0.05, 0) is 210 Å². The third-order valence-electron chi connectivity index (χ3n) is 22.3. The fourth-order valence-corrected chi connectivity index (χ4v) is 16.0. The molecule has 0 saturated heterocycles. The number of anilines is 5. The predicted molar refractivity (Wildman–Crippen MR) is 475 cm³/mol. The van der Waals surface area contributed by atoms with Gasteiger partial charge >= 0.3 is 66.0 Å². The molecule has 0 radical (unpaired) electrons. The third-order valence-corrected chi connectivity index (χ3v) is 22.3. The number of carboxylic acid groups (broad SMARTS) is 6. The summed E-state index contributed by atoms with van der Waals surface area (Å²) >= 11 is 0. The van der Waals surface area contributed by atoms with Gasteiger partial charge in [0, 0.05) is 129 Å². The summed E-state index contributed by atoms with van der Waals surface area (Å²) in [5.74, 6) is -11.1. The molecule has 130 heavy (non-hydrogen) atoms. The standard InChI is InChI=1S/C88H117N17O25/c1-7-55-61-45-91-72(106)44-54-41-51(80(120)103-87(25-19-73(107)108,26-20-74(109)110)27-21-75(111)112)13-16-67(54)98-82(122)92-46-64-58(10-4)65-47-93-83(123)99-68-17-14-52(79(119)90-31-33-127-35-37-129-39-40-130-38-36-128-34-32-97-105-89)42-70(68)101-85(125)95-49-62(55)57(9-3)63(56(61)8-2)50-96-86(126)102-71-43-53(15-18-69(71)100-84(124)94-48-66(59(64)11-5)60(65)12-6)81(121)104-88(28-22-76(113)114,29-23-77(115)116)30-24-78(117)118/h13-18,41-43H,7-12,19-40,44-50H2,1-6H3,(H,90,119)(H,91,106)(H,103,120)(H,104,121)(H,107,108)(H,109,110)(H,111,112)(H,113,114)(H,115,116)(H,117,118)(H2,92,98,122)(H2,93,99,123)(H2,94,100,124)(H2,95,101,125)(H2,96,102,126). The highest BCUT2D eigenvalue weighted by Crippen LogP contribution is 2.37. The van der Waals surface area contributed by atoms with Gasteiger partial charge in [-0.25, -0.2) is 24.0 Å². The normalized spacial score (nSPS) is 13.5.